The van der Waals surface area contributed by atoms with E-state index in [1.165, 1.54) is 14.1 Å². The molecule has 5 nitrogen and oxygen atoms in total. The van der Waals surface area contributed by atoms with Crippen molar-refractivity contribution in [3.8, 4) is 5.75 Å². The molecule has 108 valence electrons. The van der Waals surface area contributed by atoms with Crippen molar-refractivity contribution < 1.29 is 13.2 Å². The van der Waals surface area contributed by atoms with E-state index in [4.69, 9.17) is 4.74 Å². The topological polar surface area (TPSA) is 58.6 Å². The summed E-state index contributed by atoms with van der Waals surface area (Å²) in [5.41, 5.74) is 0.606. The third kappa shape index (κ3) is 3.92. The van der Waals surface area contributed by atoms with Crippen molar-refractivity contribution in [2.24, 2.45) is 0 Å². The molecule has 1 aromatic rings. The van der Waals surface area contributed by atoms with Gasteiger partial charge >= 0.3 is 0 Å². The zero-order chi connectivity index (χ0) is 14.7. The average Bonchev–Trinajstić information content (AvgIpc) is 2.36. The largest absolute Gasteiger partial charge is 0.496 e. The molecule has 0 saturated heterocycles. The first kappa shape index (κ1) is 15.9. The van der Waals surface area contributed by atoms with Crippen LogP contribution in [-0.2, 0) is 15.6 Å². The van der Waals surface area contributed by atoms with Crippen molar-refractivity contribution in [3.05, 3.63) is 29.8 Å². The van der Waals surface area contributed by atoms with Gasteiger partial charge in [-0.25, -0.2) is 4.72 Å². The van der Waals surface area contributed by atoms with E-state index in [1.807, 2.05) is 38.1 Å². The van der Waals surface area contributed by atoms with E-state index in [0.29, 0.717) is 6.54 Å². The summed E-state index contributed by atoms with van der Waals surface area (Å²) in [6.45, 7) is 4.25. The van der Waals surface area contributed by atoms with Crippen molar-refractivity contribution in [3.63, 3.8) is 0 Å². The minimum atomic E-state index is -3.42. The summed E-state index contributed by atoms with van der Waals surface area (Å²) in [6, 6.07) is 7.63. The maximum Gasteiger partial charge on any atom is 0.278 e. The molecule has 1 rings (SSSR count). The molecule has 0 aliphatic rings. The Bertz CT molecular complexity index is 524. The van der Waals surface area contributed by atoms with Crippen LogP contribution >= 0.6 is 0 Å². The van der Waals surface area contributed by atoms with Crippen LogP contribution in [0.25, 0.3) is 0 Å². The van der Waals surface area contributed by atoms with E-state index in [-0.39, 0.29) is 5.41 Å². The summed E-state index contributed by atoms with van der Waals surface area (Å²) < 4.78 is 32.6. The summed E-state index contributed by atoms with van der Waals surface area (Å²) in [6.07, 6.45) is 0. The number of nitrogens with zero attached hydrogens (tertiary/aromatic N) is 1. The minimum Gasteiger partial charge on any atom is -0.496 e. The monoisotopic (exact) mass is 286 g/mol. The van der Waals surface area contributed by atoms with Crippen LogP contribution in [0, 0.1) is 0 Å². The van der Waals surface area contributed by atoms with E-state index in [2.05, 4.69) is 4.72 Å². The third-order valence-corrected chi connectivity index (χ3v) is 4.48. The Kier molecular flexibility index (Phi) is 4.95. The predicted molar refractivity (Wildman–Crippen MR) is 76.6 cm³/mol. The highest BCUT2D eigenvalue weighted by atomic mass is 32.2. The molecule has 0 spiro atoms. The van der Waals surface area contributed by atoms with Gasteiger partial charge in [0.2, 0.25) is 0 Å². The maximum atomic E-state index is 11.7. The minimum absolute atomic E-state index is 0.299. The highest BCUT2D eigenvalue weighted by Gasteiger charge is 2.26. The van der Waals surface area contributed by atoms with Crippen molar-refractivity contribution in [2.75, 3.05) is 27.7 Å². The van der Waals surface area contributed by atoms with E-state index in [1.54, 1.807) is 7.11 Å². The molecule has 1 aromatic carbocycles. The highest BCUT2D eigenvalue weighted by Crippen LogP contribution is 2.30. The molecule has 0 saturated carbocycles. The molecule has 0 atom stereocenters. The molecular weight excluding hydrogens is 264 g/mol. The standard InChI is InChI=1S/C13H22N2O3S/c1-13(2,10-14-19(16,17)15(3)4)11-8-6-7-9-12(11)18-5/h6-9,14H,10H2,1-5H3. The Balaban J connectivity index is 2.93. The van der Waals surface area contributed by atoms with Crippen LogP contribution in [-0.4, -0.2) is 40.5 Å². The van der Waals surface area contributed by atoms with Gasteiger partial charge in [0.15, 0.2) is 0 Å². The smallest absolute Gasteiger partial charge is 0.278 e. The molecule has 0 aliphatic heterocycles. The lowest BCUT2D eigenvalue weighted by Crippen LogP contribution is -2.42. The second-order valence-electron chi connectivity index (χ2n) is 5.19. The van der Waals surface area contributed by atoms with Crippen LogP contribution in [0.5, 0.6) is 5.75 Å². The third-order valence-electron chi connectivity index (χ3n) is 3.01. The van der Waals surface area contributed by atoms with Gasteiger partial charge in [0.05, 0.1) is 7.11 Å². The lowest BCUT2D eigenvalue weighted by molar-refractivity contribution is 0.389. The predicted octanol–water partition coefficient (Wildman–Crippen LogP) is 1.37. The van der Waals surface area contributed by atoms with Crippen LogP contribution in [0.4, 0.5) is 0 Å². The van der Waals surface area contributed by atoms with E-state index < -0.39 is 10.2 Å². The lowest BCUT2D eigenvalue weighted by Gasteiger charge is -2.28. The molecular formula is C13H22N2O3S. The molecule has 0 unspecified atom stereocenters. The van der Waals surface area contributed by atoms with Gasteiger partial charge in [0.25, 0.3) is 10.2 Å². The molecule has 0 radical (unpaired) electrons. The lowest BCUT2D eigenvalue weighted by atomic mass is 9.84. The number of ether oxygens (including phenoxy) is 1. The second-order valence-corrected chi connectivity index (χ2v) is 7.16. The van der Waals surface area contributed by atoms with Crippen molar-refractivity contribution >= 4 is 10.2 Å². The summed E-state index contributed by atoms with van der Waals surface area (Å²) in [7, 11) is 1.19. The number of benzene rings is 1. The first-order valence-electron chi connectivity index (χ1n) is 6.01. The van der Waals surface area contributed by atoms with E-state index in [9.17, 15) is 8.42 Å². The Hall–Kier alpha value is -1.11. The number of para-hydroxylation sites is 1. The number of rotatable bonds is 6. The Morgan fingerprint density at radius 2 is 1.84 bits per heavy atom. The molecule has 0 heterocycles. The molecule has 0 bridgehead atoms. The number of nitrogens with one attached hydrogen (secondary N) is 1. The Labute approximate surface area is 115 Å². The van der Waals surface area contributed by atoms with Gasteiger partial charge in [0, 0.05) is 31.6 Å². The van der Waals surface area contributed by atoms with Gasteiger partial charge in [-0.3, -0.25) is 0 Å². The van der Waals surface area contributed by atoms with Crippen LogP contribution in [0.3, 0.4) is 0 Å². The van der Waals surface area contributed by atoms with Gasteiger partial charge in [-0.05, 0) is 6.07 Å². The fraction of sp³-hybridized carbons (Fsp3) is 0.538. The van der Waals surface area contributed by atoms with Gasteiger partial charge in [0.1, 0.15) is 5.75 Å². The van der Waals surface area contributed by atoms with Crippen molar-refractivity contribution in [1.29, 1.82) is 0 Å². The fourth-order valence-electron chi connectivity index (χ4n) is 1.70. The Morgan fingerprint density at radius 3 is 2.37 bits per heavy atom. The van der Waals surface area contributed by atoms with Crippen LogP contribution < -0.4 is 9.46 Å². The first-order chi connectivity index (χ1) is 8.70. The zero-order valence-corrected chi connectivity index (χ0v) is 12.9. The number of hydrogen-bond donors (Lipinski definition) is 1. The van der Waals surface area contributed by atoms with Crippen molar-refractivity contribution in [1.82, 2.24) is 9.03 Å². The summed E-state index contributed by atoms with van der Waals surface area (Å²) in [5, 5.41) is 0. The van der Waals surface area contributed by atoms with Gasteiger partial charge in [-0.2, -0.15) is 12.7 Å². The van der Waals surface area contributed by atoms with Crippen molar-refractivity contribution in [2.45, 2.75) is 19.3 Å². The van der Waals surface area contributed by atoms with Crippen LogP contribution in [0.2, 0.25) is 0 Å². The highest BCUT2D eigenvalue weighted by molar-refractivity contribution is 7.87. The van der Waals surface area contributed by atoms with Gasteiger partial charge < -0.3 is 4.74 Å². The molecule has 0 amide bonds. The summed E-state index contributed by atoms with van der Waals surface area (Å²) in [4.78, 5) is 0. The normalized spacial score (nSPS) is 12.7. The maximum absolute atomic E-state index is 11.7. The van der Waals surface area contributed by atoms with Crippen LogP contribution in [0.15, 0.2) is 24.3 Å². The second kappa shape index (κ2) is 5.90. The number of hydrogen-bond acceptors (Lipinski definition) is 3. The van der Waals surface area contributed by atoms with Gasteiger partial charge in [-0.15, -0.1) is 0 Å². The SMILES string of the molecule is COc1ccccc1C(C)(C)CNS(=O)(=O)N(C)C. The fourth-order valence-corrected chi connectivity index (χ4v) is 2.50. The molecule has 0 aliphatic carbocycles. The Morgan fingerprint density at radius 1 is 1.26 bits per heavy atom. The van der Waals surface area contributed by atoms with E-state index in [0.717, 1.165) is 15.6 Å². The summed E-state index contributed by atoms with van der Waals surface area (Å²) >= 11 is 0. The molecule has 0 fully saturated rings. The van der Waals surface area contributed by atoms with Gasteiger partial charge in [-0.1, -0.05) is 32.0 Å². The number of methoxy groups -OCH3 is 1. The first-order valence-corrected chi connectivity index (χ1v) is 7.45. The molecule has 6 heteroatoms. The van der Waals surface area contributed by atoms with E-state index >= 15 is 0 Å². The molecule has 1 N–H and O–H groups in total. The molecule has 19 heavy (non-hydrogen) atoms. The molecule has 0 aromatic heterocycles. The average molecular weight is 286 g/mol. The quantitative estimate of drug-likeness (QED) is 0.859. The zero-order valence-electron chi connectivity index (χ0n) is 12.1. The van der Waals surface area contributed by atoms with Crippen LogP contribution in [0.1, 0.15) is 19.4 Å². The summed E-state index contributed by atoms with van der Waals surface area (Å²) in [5.74, 6) is 0.761.